The molecular formula is C13H21N5O2S. The summed E-state index contributed by atoms with van der Waals surface area (Å²) in [6, 6.07) is -0.736. The Morgan fingerprint density at radius 3 is 2.48 bits per heavy atom. The van der Waals surface area contributed by atoms with Crippen molar-refractivity contribution in [2.45, 2.75) is 38.6 Å². The molecule has 1 aliphatic heterocycles. The summed E-state index contributed by atoms with van der Waals surface area (Å²) in [4.78, 5) is 29.9. The fourth-order valence-corrected chi connectivity index (χ4v) is 3.15. The van der Waals surface area contributed by atoms with Crippen LogP contribution in [0.4, 0.5) is 10.9 Å². The Bertz CT molecular complexity index is 523. The quantitative estimate of drug-likeness (QED) is 0.757. The van der Waals surface area contributed by atoms with Crippen molar-refractivity contribution in [1.29, 1.82) is 0 Å². The molecule has 21 heavy (non-hydrogen) atoms. The van der Waals surface area contributed by atoms with Crippen LogP contribution in [0.5, 0.6) is 0 Å². The van der Waals surface area contributed by atoms with Crippen LogP contribution < -0.4 is 21.7 Å². The van der Waals surface area contributed by atoms with E-state index in [2.05, 4.69) is 15.2 Å². The lowest BCUT2D eigenvalue weighted by molar-refractivity contribution is -0.119. The van der Waals surface area contributed by atoms with Gasteiger partial charge in [0, 0.05) is 13.1 Å². The lowest BCUT2D eigenvalue weighted by atomic mass is 10.2. The molecule has 0 saturated carbocycles. The number of aromatic nitrogens is 1. The Morgan fingerprint density at radius 2 is 1.90 bits per heavy atom. The molecule has 2 amide bonds. The number of hydrogen-bond donors (Lipinski definition) is 3. The van der Waals surface area contributed by atoms with E-state index in [0.717, 1.165) is 31.1 Å². The van der Waals surface area contributed by atoms with E-state index < -0.39 is 17.9 Å². The van der Waals surface area contributed by atoms with Crippen molar-refractivity contribution in [3.63, 3.8) is 0 Å². The molecule has 2 rings (SSSR count). The zero-order valence-corrected chi connectivity index (χ0v) is 12.9. The van der Waals surface area contributed by atoms with E-state index >= 15 is 0 Å². The van der Waals surface area contributed by atoms with Crippen LogP contribution >= 0.6 is 11.3 Å². The molecule has 5 N–H and O–H groups in total. The number of nitrogens with zero attached hydrogens (tertiary/aromatic N) is 2. The minimum absolute atomic E-state index is 0.202. The number of nitrogen functional groups attached to an aromatic ring is 1. The number of anilines is 2. The molecule has 1 atom stereocenters. The average molecular weight is 311 g/mol. The Balaban J connectivity index is 2.11. The maximum absolute atomic E-state index is 12.1. The molecule has 1 aliphatic rings. The van der Waals surface area contributed by atoms with Crippen LogP contribution in [-0.2, 0) is 4.79 Å². The molecule has 2 heterocycles. The third-order valence-corrected chi connectivity index (χ3v) is 4.63. The highest BCUT2D eigenvalue weighted by Gasteiger charge is 2.22. The van der Waals surface area contributed by atoms with Gasteiger partial charge in [-0.15, -0.1) is 0 Å². The molecule has 7 nitrogen and oxygen atoms in total. The van der Waals surface area contributed by atoms with Gasteiger partial charge in [-0.2, -0.15) is 0 Å². The molecule has 1 saturated heterocycles. The van der Waals surface area contributed by atoms with Crippen LogP contribution in [0.3, 0.4) is 0 Å². The number of nitrogens with two attached hydrogens (primary N) is 2. The molecule has 0 aromatic carbocycles. The van der Waals surface area contributed by atoms with Crippen molar-refractivity contribution in [3.05, 3.63) is 4.88 Å². The summed E-state index contributed by atoms with van der Waals surface area (Å²) in [5.41, 5.74) is 11.0. The SMILES string of the molecule is CC(NC(=O)c1sc(N2CCCCCC2)nc1N)C(N)=O. The van der Waals surface area contributed by atoms with Gasteiger partial charge in [0.15, 0.2) is 5.13 Å². The van der Waals surface area contributed by atoms with Crippen molar-refractivity contribution in [2.24, 2.45) is 5.73 Å². The van der Waals surface area contributed by atoms with Gasteiger partial charge in [-0.3, -0.25) is 9.59 Å². The highest BCUT2D eigenvalue weighted by Crippen LogP contribution is 2.29. The standard InChI is InChI=1S/C13H21N5O2S/c1-8(11(15)19)16-12(20)9-10(14)17-13(21-9)18-6-4-2-3-5-7-18/h8H,2-7,14H2,1H3,(H2,15,19)(H,16,20). The summed E-state index contributed by atoms with van der Waals surface area (Å²) in [7, 11) is 0. The zero-order chi connectivity index (χ0) is 15.4. The maximum atomic E-state index is 12.1. The van der Waals surface area contributed by atoms with Crippen molar-refractivity contribution in [3.8, 4) is 0 Å². The number of nitrogens with one attached hydrogen (secondary N) is 1. The van der Waals surface area contributed by atoms with Gasteiger partial charge in [0.25, 0.3) is 5.91 Å². The van der Waals surface area contributed by atoms with E-state index in [4.69, 9.17) is 11.5 Å². The molecule has 0 radical (unpaired) electrons. The number of hydrogen-bond acceptors (Lipinski definition) is 6. The monoisotopic (exact) mass is 311 g/mol. The van der Waals surface area contributed by atoms with Gasteiger partial charge in [0.05, 0.1) is 0 Å². The van der Waals surface area contributed by atoms with Gasteiger partial charge >= 0.3 is 0 Å². The molecule has 1 unspecified atom stereocenters. The number of primary amides is 1. The first kappa shape index (κ1) is 15.6. The predicted molar refractivity (Wildman–Crippen MR) is 83.3 cm³/mol. The minimum Gasteiger partial charge on any atom is -0.382 e. The summed E-state index contributed by atoms with van der Waals surface area (Å²) < 4.78 is 0. The lowest BCUT2D eigenvalue weighted by Gasteiger charge is -2.18. The second kappa shape index (κ2) is 6.75. The highest BCUT2D eigenvalue weighted by molar-refractivity contribution is 7.18. The van der Waals surface area contributed by atoms with Crippen LogP contribution in [0.2, 0.25) is 0 Å². The van der Waals surface area contributed by atoms with Crippen LogP contribution in [0.1, 0.15) is 42.3 Å². The predicted octanol–water partition coefficient (Wildman–Crippen LogP) is 0.709. The van der Waals surface area contributed by atoms with E-state index in [0.29, 0.717) is 4.88 Å². The van der Waals surface area contributed by atoms with Gasteiger partial charge in [0.1, 0.15) is 16.7 Å². The maximum Gasteiger partial charge on any atom is 0.265 e. The highest BCUT2D eigenvalue weighted by atomic mass is 32.1. The van der Waals surface area contributed by atoms with E-state index in [9.17, 15) is 9.59 Å². The number of carbonyl (C=O) groups is 2. The Hall–Kier alpha value is -1.83. The first-order chi connectivity index (χ1) is 9.99. The van der Waals surface area contributed by atoms with Gasteiger partial charge in [-0.1, -0.05) is 24.2 Å². The van der Waals surface area contributed by atoms with Crippen molar-refractivity contribution in [2.75, 3.05) is 23.7 Å². The largest absolute Gasteiger partial charge is 0.382 e. The molecule has 0 bridgehead atoms. The normalized spacial score (nSPS) is 17.1. The summed E-state index contributed by atoms with van der Waals surface area (Å²) in [5, 5.41) is 3.29. The van der Waals surface area contributed by atoms with Crippen LogP contribution in [0, 0.1) is 0 Å². The topological polar surface area (TPSA) is 114 Å². The number of amides is 2. The molecule has 1 aromatic heterocycles. The smallest absolute Gasteiger partial charge is 0.265 e. The molecule has 1 fully saturated rings. The van der Waals surface area contributed by atoms with Crippen LogP contribution in [0.15, 0.2) is 0 Å². The first-order valence-corrected chi connectivity index (χ1v) is 7.92. The van der Waals surface area contributed by atoms with E-state index in [1.54, 1.807) is 0 Å². The second-order valence-electron chi connectivity index (χ2n) is 5.21. The summed E-state index contributed by atoms with van der Waals surface area (Å²) in [6.07, 6.45) is 4.70. The third-order valence-electron chi connectivity index (χ3n) is 3.50. The van der Waals surface area contributed by atoms with Crippen LogP contribution in [-0.4, -0.2) is 35.9 Å². The number of rotatable bonds is 4. The van der Waals surface area contributed by atoms with Crippen molar-refractivity contribution in [1.82, 2.24) is 10.3 Å². The molecule has 0 spiro atoms. The summed E-state index contributed by atoms with van der Waals surface area (Å²) >= 11 is 1.26. The average Bonchev–Trinajstić information content (AvgIpc) is 2.65. The lowest BCUT2D eigenvalue weighted by Crippen LogP contribution is -2.42. The summed E-state index contributed by atoms with van der Waals surface area (Å²) in [6.45, 7) is 3.41. The molecule has 8 heteroatoms. The zero-order valence-electron chi connectivity index (χ0n) is 12.1. The first-order valence-electron chi connectivity index (χ1n) is 7.10. The number of thiazole rings is 1. The van der Waals surface area contributed by atoms with Gasteiger partial charge in [-0.05, 0) is 19.8 Å². The van der Waals surface area contributed by atoms with E-state index in [1.807, 2.05) is 0 Å². The summed E-state index contributed by atoms with van der Waals surface area (Å²) in [5.74, 6) is -0.787. The minimum atomic E-state index is -0.736. The molecule has 1 aromatic rings. The van der Waals surface area contributed by atoms with Gasteiger partial charge < -0.3 is 21.7 Å². The Labute approximate surface area is 127 Å². The third kappa shape index (κ3) is 3.84. The molecule has 116 valence electrons. The number of carbonyl (C=O) groups excluding carboxylic acids is 2. The van der Waals surface area contributed by atoms with Crippen molar-refractivity contribution < 1.29 is 9.59 Å². The van der Waals surface area contributed by atoms with Crippen molar-refractivity contribution >= 4 is 34.1 Å². The van der Waals surface area contributed by atoms with Gasteiger partial charge in [0.2, 0.25) is 5.91 Å². The van der Waals surface area contributed by atoms with Crippen LogP contribution in [0.25, 0.3) is 0 Å². The Kier molecular flexibility index (Phi) is 5.00. The molecular weight excluding hydrogens is 290 g/mol. The second-order valence-corrected chi connectivity index (χ2v) is 6.19. The fourth-order valence-electron chi connectivity index (χ4n) is 2.21. The van der Waals surface area contributed by atoms with Gasteiger partial charge in [-0.25, -0.2) is 4.98 Å². The molecule has 0 aliphatic carbocycles. The van der Waals surface area contributed by atoms with E-state index in [-0.39, 0.29) is 5.82 Å². The fraction of sp³-hybridized carbons (Fsp3) is 0.615. The Morgan fingerprint density at radius 1 is 1.29 bits per heavy atom. The van der Waals surface area contributed by atoms with E-state index in [1.165, 1.54) is 31.1 Å².